The highest BCUT2D eigenvalue weighted by Crippen LogP contribution is 2.23. The summed E-state index contributed by atoms with van der Waals surface area (Å²) in [6, 6.07) is 3.47. The maximum Gasteiger partial charge on any atom is 0.338 e. The van der Waals surface area contributed by atoms with E-state index in [0.29, 0.717) is 5.56 Å². The van der Waals surface area contributed by atoms with Gasteiger partial charge in [-0.2, -0.15) is 0 Å². The van der Waals surface area contributed by atoms with Crippen LogP contribution < -0.4 is 4.87 Å². The molecular formula is C11H11NO3S. The molecule has 0 amide bonds. The molecule has 0 atom stereocenters. The lowest BCUT2D eigenvalue weighted by molar-refractivity contribution is 0.0600. The molecule has 2 rings (SSSR count). The fourth-order valence-electron chi connectivity index (χ4n) is 1.76. The number of fused-ring (bicyclic) bond motifs is 1. The minimum absolute atomic E-state index is 0.0277. The highest BCUT2D eigenvalue weighted by Gasteiger charge is 2.15. The number of ether oxygens (including phenoxy) is 1. The molecule has 0 unspecified atom stereocenters. The van der Waals surface area contributed by atoms with Crippen LogP contribution in [0.4, 0.5) is 0 Å². The van der Waals surface area contributed by atoms with Gasteiger partial charge in [0, 0.05) is 7.05 Å². The number of aryl methyl sites for hydroxylation is 2. The molecule has 0 radical (unpaired) electrons. The zero-order chi connectivity index (χ0) is 11.9. The largest absolute Gasteiger partial charge is 0.465 e. The Bertz CT molecular complexity index is 624. The Hall–Kier alpha value is -1.62. The number of esters is 1. The third-order valence-electron chi connectivity index (χ3n) is 2.61. The van der Waals surface area contributed by atoms with Crippen LogP contribution in [0.1, 0.15) is 15.9 Å². The molecule has 0 N–H and O–H groups in total. The number of carbonyl (C=O) groups excluding carboxylic acids is 1. The third kappa shape index (κ3) is 1.44. The lowest BCUT2D eigenvalue weighted by Crippen LogP contribution is -2.09. The Morgan fingerprint density at radius 1 is 1.44 bits per heavy atom. The van der Waals surface area contributed by atoms with Crippen LogP contribution in [0.2, 0.25) is 0 Å². The average Bonchev–Trinajstić information content (AvgIpc) is 2.55. The SMILES string of the molecule is COC(=O)c1ccc2sc(=O)n(C)c2c1C. The van der Waals surface area contributed by atoms with Gasteiger partial charge in [-0.15, -0.1) is 0 Å². The molecule has 1 aromatic carbocycles. The van der Waals surface area contributed by atoms with Crippen LogP contribution in [0.3, 0.4) is 0 Å². The molecule has 0 saturated carbocycles. The highest BCUT2D eigenvalue weighted by molar-refractivity contribution is 7.16. The quantitative estimate of drug-likeness (QED) is 0.709. The van der Waals surface area contributed by atoms with E-state index in [2.05, 4.69) is 4.74 Å². The number of benzene rings is 1. The summed E-state index contributed by atoms with van der Waals surface area (Å²) in [5, 5.41) is 0. The van der Waals surface area contributed by atoms with Crippen molar-refractivity contribution in [3.63, 3.8) is 0 Å². The molecule has 1 aromatic heterocycles. The minimum Gasteiger partial charge on any atom is -0.465 e. The lowest BCUT2D eigenvalue weighted by Gasteiger charge is -2.05. The van der Waals surface area contributed by atoms with Crippen molar-refractivity contribution in [2.75, 3.05) is 7.11 Å². The summed E-state index contributed by atoms with van der Waals surface area (Å²) in [5.74, 6) is -0.377. The van der Waals surface area contributed by atoms with Crippen molar-refractivity contribution in [2.24, 2.45) is 7.05 Å². The van der Waals surface area contributed by atoms with Gasteiger partial charge in [-0.3, -0.25) is 4.79 Å². The number of hydrogen-bond acceptors (Lipinski definition) is 4. The second-order valence-corrected chi connectivity index (χ2v) is 4.50. The molecule has 0 saturated heterocycles. The van der Waals surface area contributed by atoms with Crippen molar-refractivity contribution in [1.29, 1.82) is 0 Å². The van der Waals surface area contributed by atoms with Crippen LogP contribution in [0.5, 0.6) is 0 Å². The van der Waals surface area contributed by atoms with Crippen LogP contribution in [-0.4, -0.2) is 17.6 Å². The van der Waals surface area contributed by atoms with Crippen molar-refractivity contribution in [2.45, 2.75) is 6.92 Å². The molecule has 0 aliphatic heterocycles. The van der Waals surface area contributed by atoms with Gasteiger partial charge >= 0.3 is 10.8 Å². The molecule has 0 bridgehead atoms. The normalized spacial score (nSPS) is 10.7. The van der Waals surface area contributed by atoms with Crippen molar-refractivity contribution in [1.82, 2.24) is 4.57 Å². The Kier molecular flexibility index (Phi) is 2.55. The van der Waals surface area contributed by atoms with E-state index in [1.54, 1.807) is 23.7 Å². The van der Waals surface area contributed by atoms with Crippen LogP contribution in [0.15, 0.2) is 16.9 Å². The predicted molar refractivity (Wildman–Crippen MR) is 63.1 cm³/mol. The molecule has 0 spiro atoms. The fraction of sp³-hybridized carbons (Fsp3) is 0.273. The smallest absolute Gasteiger partial charge is 0.338 e. The molecule has 84 valence electrons. The van der Waals surface area contributed by atoms with Gasteiger partial charge in [0.2, 0.25) is 0 Å². The van der Waals surface area contributed by atoms with Crippen molar-refractivity contribution >= 4 is 27.5 Å². The molecule has 0 aliphatic rings. The summed E-state index contributed by atoms with van der Waals surface area (Å²) in [6.45, 7) is 1.82. The van der Waals surface area contributed by atoms with Gasteiger partial charge < -0.3 is 9.30 Å². The maximum absolute atomic E-state index is 11.5. The van der Waals surface area contributed by atoms with Gasteiger partial charge in [0.1, 0.15) is 0 Å². The number of methoxy groups -OCH3 is 1. The number of nitrogens with zero attached hydrogens (tertiary/aromatic N) is 1. The van der Waals surface area contributed by atoms with Gasteiger partial charge in [-0.05, 0) is 24.6 Å². The summed E-state index contributed by atoms with van der Waals surface area (Å²) in [4.78, 5) is 23.0. The zero-order valence-electron chi connectivity index (χ0n) is 9.23. The second-order valence-electron chi connectivity index (χ2n) is 3.50. The van der Waals surface area contributed by atoms with E-state index in [1.807, 2.05) is 6.92 Å². The first-order chi connectivity index (χ1) is 7.56. The molecule has 5 heteroatoms. The summed E-state index contributed by atoms with van der Waals surface area (Å²) in [6.07, 6.45) is 0. The number of aromatic nitrogens is 1. The number of hydrogen-bond donors (Lipinski definition) is 0. The zero-order valence-corrected chi connectivity index (χ0v) is 10.1. The lowest BCUT2D eigenvalue weighted by atomic mass is 10.1. The maximum atomic E-state index is 11.5. The van der Waals surface area contributed by atoms with Crippen LogP contribution in [0, 0.1) is 6.92 Å². The summed E-state index contributed by atoms with van der Waals surface area (Å²) in [7, 11) is 3.05. The van der Waals surface area contributed by atoms with Gasteiger partial charge in [0.15, 0.2) is 0 Å². The van der Waals surface area contributed by atoms with E-state index in [1.165, 1.54) is 18.4 Å². The first kappa shape index (κ1) is 10.9. The van der Waals surface area contributed by atoms with Crippen LogP contribution in [0.25, 0.3) is 10.2 Å². The molecule has 2 aromatic rings. The van der Waals surface area contributed by atoms with E-state index >= 15 is 0 Å². The van der Waals surface area contributed by atoms with Gasteiger partial charge in [-0.1, -0.05) is 11.3 Å². The van der Waals surface area contributed by atoms with Gasteiger partial charge in [0.05, 0.1) is 22.9 Å². The Labute approximate surface area is 96.1 Å². The molecule has 1 heterocycles. The Balaban J connectivity index is 2.83. The van der Waals surface area contributed by atoms with Crippen molar-refractivity contribution in [3.05, 3.63) is 32.9 Å². The van der Waals surface area contributed by atoms with Crippen LogP contribution in [-0.2, 0) is 11.8 Å². The van der Waals surface area contributed by atoms with Crippen molar-refractivity contribution < 1.29 is 9.53 Å². The Morgan fingerprint density at radius 3 is 2.75 bits per heavy atom. The third-order valence-corrected chi connectivity index (χ3v) is 3.60. The molecule has 0 fully saturated rings. The molecule has 0 aliphatic carbocycles. The first-order valence-electron chi connectivity index (χ1n) is 4.73. The van der Waals surface area contributed by atoms with Gasteiger partial charge in [0.25, 0.3) is 0 Å². The standard InChI is InChI=1S/C11H11NO3S/c1-6-7(10(13)15-3)4-5-8-9(6)12(2)11(14)16-8/h4-5H,1-3H3. The minimum atomic E-state index is -0.377. The van der Waals surface area contributed by atoms with Crippen molar-refractivity contribution in [3.8, 4) is 0 Å². The monoisotopic (exact) mass is 237 g/mol. The van der Waals surface area contributed by atoms with E-state index in [0.717, 1.165) is 15.8 Å². The molecule has 16 heavy (non-hydrogen) atoms. The summed E-state index contributed by atoms with van der Waals surface area (Å²) >= 11 is 1.18. The number of carbonyl (C=O) groups is 1. The predicted octanol–water partition coefficient (Wildman–Crippen LogP) is 1.70. The Morgan fingerprint density at radius 2 is 2.12 bits per heavy atom. The topological polar surface area (TPSA) is 48.3 Å². The summed E-state index contributed by atoms with van der Waals surface area (Å²) < 4.78 is 7.13. The average molecular weight is 237 g/mol. The fourth-order valence-corrected chi connectivity index (χ4v) is 2.70. The number of thiazole rings is 1. The van der Waals surface area contributed by atoms with Crippen LogP contribution >= 0.6 is 11.3 Å². The second kappa shape index (κ2) is 3.75. The molecular weight excluding hydrogens is 226 g/mol. The number of rotatable bonds is 1. The van der Waals surface area contributed by atoms with Gasteiger partial charge in [-0.25, -0.2) is 4.79 Å². The van der Waals surface area contributed by atoms with E-state index in [9.17, 15) is 9.59 Å². The van der Waals surface area contributed by atoms with E-state index in [4.69, 9.17) is 0 Å². The molecule has 4 nitrogen and oxygen atoms in total. The highest BCUT2D eigenvalue weighted by atomic mass is 32.1. The first-order valence-corrected chi connectivity index (χ1v) is 5.55. The van der Waals surface area contributed by atoms with E-state index in [-0.39, 0.29) is 10.8 Å². The van der Waals surface area contributed by atoms with E-state index < -0.39 is 0 Å². The summed E-state index contributed by atoms with van der Waals surface area (Å²) in [5.41, 5.74) is 2.09.